The van der Waals surface area contributed by atoms with E-state index in [1.54, 1.807) is 12.1 Å². The third-order valence-corrected chi connectivity index (χ3v) is 6.09. The molecule has 0 amide bonds. The summed E-state index contributed by atoms with van der Waals surface area (Å²) >= 11 is 0. The number of aromatic nitrogens is 2. The van der Waals surface area contributed by atoms with Gasteiger partial charge in [-0.3, -0.25) is 0 Å². The fraction of sp³-hybridized carbons (Fsp3) is 0.474. The number of anilines is 2. The standard InChI is InChI=1S/C19H25N5O3S/c1-12(11-25)21-17-9-18(23-19(22-17)14-2-3-14)24-7-6-13-4-5-16(28(20,26)27)8-15(13)10-24/h4-5,8-9,12,14,25H,2-3,6-7,10-11H2,1H3,(H2,20,26,27)(H,21,22,23)/t12-/m0/s1. The molecule has 1 fully saturated rings. The van der Waals surface area contributed by atoms with Gasteiger partial charge < -0.3 is 15.3 Å². The number of nitrogens with two attached hydrogens (primary N) is 1. The Hall–Kier alpha value is -2.23. The van der Waals surface area contributed by atoms with Crippen LogP contribution in [-0.4, -0.2) is 42.7 Å². The Kier molecular flexibility index (Phi) is 4.98. The van der Waals surface area contributed by atoms with E-state index < -0.39 is 10.0 Å². The number of primary sulfonamides is 1. The predicted molar refractivity (Wildman–Crippen MR) is 107 cm³/mol. The molecule has 0 radical (unpaired) electrons. The first-order valence-corrected chi connectivity index (χ1v) is 11.0. The van der Waals surface area contributed by atoms with Crippen molar-refractivity contribution in [3.05, 3.63) is 41.2 Å². The van der Waals surface area contributed by atoms with E-state index in [1.165, 1.54) is 0 Å². The highest BCUT2D eigenvalue weighted by Crippen LogP contribution is 2.39. The molecule has 1 aromatic carbocycles. The molecule has 9 heteroatoms. The lowest BCUT2D eigenvalue weighted by atomic mass is 10.00. The number of aliphatic hydroxyl groups excluding tert-OH is 1. The molecular formula is C19H25N5O3S. The molecule has 2 heterocycles. The van der Waals surface area contributed by atoms with Crippen LogP contribution < -0.4 is 15.4 Å². The molecule has 0 spiro atoms. The molecule has 1 aromatic heterocycles. The van der Waals surface area contributed by atoms with Gasteiger partial charge in [-0.15, -0.1) is 0 Å². The predicted octanol–water partition coefficient (Wildman–Crippen LogP) is 1.36. The van der Waals surface area contributed by atoms with Crippen molar-refractivity contribution in [1.82, 2.24) is 9.97 Å². The van der Waals surface area contributed by atoms with Gasteiger partial charge in [0.2, 0.25) is 10.0 Å². The van der Waals surface area contributed by atoms with Crippen molar-refractivity contribution in [2.75, 3.05) is 23.4 Å². The van der Waals surface area contributed by atoms with Crippen LogP contribution in [0.1, 0.15) is 42.6 Å². The van der Waals surface area contributed by atoms with Crippen LogP contribution in [0, 0.1) is 0 Å². The van der Waals surface area contributed by atoms with Crippen molar-refractivity contribution < 1.29 is 13.5 Å². The van der Waals surface area contributed by atoms with Crippen LogP contribution in [0.25, 0.3) is 0 Å². The highest BCUT2D eigenvalue weighted by atomic mass is 32.2. The molecule has 4 N–H and O–H groups in total. The number of nitrogens with one attached hydrogen (secondary N) is 1. The van der Waals surface area contributed by atoms with Crippen LogP contribution >= 0.6 is 0 Å². The SMILES string of the molecule is C[C@@H](CO)Nc1cc(N2CCc3ccc(S(N)(=O)=O)cc3C2)nc(C2CC2)n1. The molecule has 1 aliphatic heterocycles. The summed E-state index contributed by atoms with van der Waals surface area (Å²) in [5, 5.41) is 17.8. The van der Waals surface area contributed by atoms with E-state index >= 15 is 0 Å². The van der Waals surface area contributed by atoms with Gasteiger partial charge in [-0.25, -0.2) is 23.5 Å². The van der Waals surface area contributed by atoms with Gasteiger partial charge in [0.1, 0.15) is 17.5 Å². The van der Waals surface area contributed by atoms with Crippen molar-refractivity contribution in [3.8, 4) is 0 Å². The fourth-order valence-electron chi connectivity index (χ4n) is 3.42. The third-order valence-electron chi connectivity index (χ3n) is 5.18. The van der Waals surface area contributed by atoms with E-state index in [9.17, 15) is 13.5 Å². The van der Waals surface area contributed by atoms with Crippen LogP contribution in [0.2, 0.25) is 0 Å². The molecule has 0 bridgehead atoms. The van der Waals surface area contributed by atoms with E-state index in [0.717, 1.165) is 48.6 Å². The average molecular weight is 404 g/mol. The monoisotopic (exact) mass is 403 g/mol. The Bertz CT molecular complexity index is 991. The molecular weight excluding hydrogens is 378 g/mol. The number of sulfonamides is 1. The zero-order valence-corrected chi connectivity index (χ0v) is 16.6. The highest BCUT2D eigenvalue weighted by Gasteiger charge is 2.29. The number of hydrogen-bond acceptors (Lipinski definition) is 7. The summed E-state index contributed by atoms with van der Waals surface area (Å²) in [6, 6.07) is 6.86. The zero-order chi connectivity index (χ0) is 19.9. The fourth-order valence-corrected chi connectivity index (χ4v) is 3.98. The van der Waals surface area contributed by atoms with E-state index in [-0.39, 0.29) is 17.5 Å². The van der Waals surface area contributed by atoms with Crippen molar-refractivity contribution in [1.29, 1.82) is 0 Å². The van der Waals surface area contributed by atoms with Crippen molar-refractivity contribution in [2.45, 2.75) is 49.6 Å². The largest absolute Gasteiger partial charge is 0.394 e. The van der Waals surface area contributed by atoms with Crippen molar-refractivity contribution in [2.24, 2.45) is 5.14 Å². The maximum atomic E-state index is 11.7. The van der Waals surface area contributed by atoms with E-state index in [1.807, 2.05) is 19.1 Å². The number of aliphatic hydroxyl groups is 1. The average Bonchev–Trinajstić information content (AvgIpc) is 3.51. The highest BCUT2D eigenvalue weighted by molar-refractivity contribution is 7.89. The summed E-state index contributed by atoms with van der Waals surface area (Å²) < 4.78 is 23.4. The van der Waals surface area contributed by atoms with Crippen molar-refractivity contribution in [3.63, 3.8) is 0 Å². The molecule has 4 rings (SSSR count). The molecule has 1 saturated carbocycles. The van der Waals surface area contributed by atoms with Gasteiger partial charge in [-0.1, -0.05) is 6.07 Å². The molecule has 1 aliphatic carbocycles. The molecule has 2 aliphatic rings. The van der Waals surface area contributed by atoms with Gasteiger partial charge in [0.25, 0.3) is 0 Å². The van der Waals surface area contributed by atoms with Gasteiger partial charge in [-0.2, -0.15) is 0 Å². The summed E-state index contributed by atoms with van der Waals surface area (Å²) in [5.41, 5.74) is 2.08. The number of hydrogen-bond donors (Lipinski definition) is 3. The first-order chi connectivity index (χ1) is 13.3. The first-order valence-electron chi connectivity index (χ1n) is 9.49. The Morgan fingerprint density at radius 2 is 2.07 bits per heavy atom. The Balaban J connectivity index is 1.64. The maximum Gasteiger partial charge on any atom is 0.238 e. The zero-order valence-electron chi connectivity index (χ0n) is 15.8. The lowest BCUT2D eigenvalue weighted by Gasteiger charge is -2.30. The Morgan fingerprint density at radius 3 is 2.75 bits per heavy atom. The van der Waals surface area contributed by atoms with E-state index in [0.29, 0.717) is 18.3 Å². The maximum absolute atomic E-state index is 11.7. The van der Waals surface area contributed by atoms with Crippen LogP contribution in [0.4, 0.5) is 11.6 Å². The molecule has 0 saturated heterocycles. The Morgan fingerprint density at radius 1 is 1.29 bits per heavy atom. The summed E-state index contributed by atoms with van der Waals surface area (Å²) in [6.45, 7) is 3.27. The van der Waals surface area contributed by atoms with Gasteiger partial charge in [-0.05, 0) is 49.4 Å². The lowest BCUT2D eigenvalue weighted by Crippen LogP contribution is -2.32. The Labute approximate surface area is 164 Å². The van der Waals surface area contributed by atoms with Crippen LogP contribution in [0.3, 0.4) is 0 Å². The number of benzene rings is 1. The van der Waals surface area contributed by atoms with Crippen LogP contribution in [0.5, 0.6) is 0 Å². The second kappa shape index (κ2) is 7.31. The van der Waals surface area contributed by atoms with Gasteiger partial charge in [0, 0.05) is 31.1 Å². The second-order valence-electron chi connectivity index (χ2n) is 7.62. The second-order valence-corrected chi connectivity index (χ2v) is 9.18. The summed E-state index contributed by atoms with van der Waals surface area (Å²) in [7, 11) is -3.73. The smallest absolute Gasteiger partial charge is 0.238 e. The topological polar surface area (TPSA) is 121 Å². The number of nitrogens with zero attached hydrogens (tertiary/aromatic N) is 3. The number of fused-ring (bicyclic) bond motifs is 1. The van der Waals surface area contributed by atoms with Gasteiger partial charge in [0.05, 0.1) is 11.5 Å². The normalized spacial score (nSPS) is 17.9. The first kappa shape index (κ1) is 19.1. The minimum Gasteiger partial charge on any atom is -0.394 e. The molecule has 150 valence electrons. The van der Waals surface area contributed by atoms with Gasteiger partial charge >= 0.3 is 0 Å². The van der Waals surface area contributed by atoms with Crippen molar-refractivity contribution >= 4 is 21.7 Å². The van der Waals surface area contributed by atoms with E-state index in [2.05, 4.69) is 15.2 Å². The van der Waals surface area contributed by atoms with E-state index in [4.69, 9.17) is 10.1 Å². The molecule has 28 heavy (non-hydrogen) atoms. The summed E-state index contributed by atoms with van der Waals surface area (Å²) in [6.07, 6.45) is 3.00. The lowest BCUT2D eigenvalue weighted by molar-refractivity contribution is 0.281. The quantitative estimate of drug-likeness (QED) is 0.666. The van der Waals surface area contributed by atoms with Crippen LogP contribution in [-0.2, 0) is 23.0 Å². The molecule has 0 unspecified atom stereocenters. The molecule has 8 nitrogen and oxygen atoms in total. The summed E-state index contributed by atoms with van der Waals surface area (Å²) in [5.74, 6) is 2.75. The summed E-state index contributed by atoms with van der Waals surface area (Å²) in [4.78, 5) is 11.6. The molecule has 2 aromatic rings. The third kappa shape index (κ3) is 4.11. The minimum atomic E-state index is -3.73. The van der Waals surface area contributed by atoms with Gasteiger partial charge in [0.15, 0.2) is 0 Å². The number of rotatable bonds is 6. The minimum absolute atomic E-state index is 0.0194. The molecule has 1 atom stereocenters. The van der Waals surface area contributed by atoms with Crippen LogP contribution in [0.15, 0.2) is 29.2 Å².